The number of rotatable bonds is 6. The molecule has 0 heterocycles. The number of carbonyl (C=O) groups excluding carboxylic acids is 1. The fraction of sp³-hybridized carbons (Fsp3) is 0.364. The van der Waals surface area contributed by atoms with Gasteiger partial charge in [-0.25, -0.2) is 4.39 Å². The van der Waals surface area contributed by atoms with Gasteiger partial charge in [-0.15, -0.1) is 0 Å². The summed E-state index contributed by atoms with van der Waals surface area (Å²) in [6, 6.07) is 5.71. The van der Waals surface area contributed by atoms with Crippen molar-refractivity contribution in [2.75, 3.05) is 23.5 Å². The SMILES string of the molecule is CSCCSCC(=O)c1ccc(F)cc1. The number of hydrogen-bond donors (Lipinski definition) is 0. The molecule has 15 heavy (non-hydrogen) atoms. The van der Waals surface area contributed by atoms with Gasteiger partial charge in [0.2, 0.25) is 0 Å². The molecule has 0 aliphatic rings. The molecule has 1 rings (SSSR count). The summed E-state index contributed by atoms with van der Waals surface area (Å²) >= 11 is 3.39. The normalized spacial score (nSPS) is 10.3. The predicted molar refractivity (Wildman–Crippen MR) is 66.4 cm³/mol. The minimum absolute atomic E-state index is 0.0705. The molecule has 1 nitrogen and oxygen atoms in total. The van der Waals surface area contributed by atoms with Crippen molar-refractivity contribution in [3.8, 4) is 0 Å². The van der Waals surface area contributed by atoms with Gasteiger partial charge < -0.3 is 0 Å². The summed E-state index contributed by atoms with van der Waals surface area (Å²) in [4.78, 5) is 11.6. The van der Waals surface area contributed by atoms with E-state index in [0.29, 0.717) is 11.3 Å². The van der Waals surface area contributed by atoms with Gasteiger partial charge in [-0.3, -0.25) is 4.79 Å². The minimum Gasteiger partial charge on any atom is -0.293 e. The van der Waals surface area contributed by atoms with Crippen molar-refractivity contribution in [1.29, 1.82) is 0 Å². The molecule has 0 aliphatic heterocycles. The maximum absolute atomic E-state index is 12.6. The Balaban J connectivity index is 2.37. The van der Waals surface area contributed by atoms with Crippen LogP contribution in [0.5, 0.6) is 0 Å². The molecule has 0 spiro atoms. The van der Waals surface area contributed by atoms with Crippen molar-refractivity contribution < 1.29 is 9.18 Å². The number of halogens is 1. The number of thioether (sulfide) groups is 2. The second kappa shape index (κ2) is 6.90. The van der Waals surface area contributed by atoms with Gasteiger partial charge in [-0.1, -0.05) is 0 Å². The minimum atomic E-state index is -0.304. The maximum Gasteiger partial charge on any atom is 0.172 e. The summed E-state index contributed by atoms with van der Waals surface area (Å²) < 4.78 is 12.6. The third-order valence-corrected chi connectivity index (χ3v) is 3.66. The zero-order valence-electron chi connectivity index (χ0n) is 8.53. The number of ketones is 1. The molecular formula is C11H13FOS2. The molecule has 0 unspecified atom stereocenters. The van der Waals surface area contributed by atoms with Crippen LogP contribution in [0.15, 0.2) is 24.3 Å². The summed E-state index contributed by atoms with van der Waals surface area (Å²) in [6.07, 6.45) is 2.04. The van der Waals surface area contributed by atoms with Gasteiger partial charge in [0.05, 0.1) is 5.75 Å². The highest BCUT2D eigenvalue weighted by molar-refractivity contribution is 8.02. The van der Waals surface area contributed by atoms with Crippen molar-refractivity contribution in [2.45, 2.75) is 0 Å². The summed E-state index contributed by atoms with van der Waals surface area (Å²) in [5.74, 6) is 2.28. The molecule has 0 saturated heterocycles. The lowest BCUT2D eigenvalue weighted by Crippen LogP contribution is -2.03. The first-order chi connectivity index (χ1) is 7.24. The number of hydrogen-bond acceptors (Lipinski definition) is 3. The molecule has 4 heteroatoms. The van der Waals surface area contributed by atoms with Crippen LogP contribution in [0.1, 0.15) is 10.4 Å². The van der Waals surface area contributed by atoms with E-state index in [2.05, 4.69) is 0 Å². The van der Waals surface area contributed by atoms with E-state index in [9.17, 15) is 9.18 Å². The Hall–Kier alpha value is -0.480. The summed E-state index contributed by atoms with van der Waals surface area (Å²) in [5, 5.41) is 0. The van der Waals surface area contributed by atoms with Gasteiger partial charge in [-0.2, -0.15) is 23.5 Å². The van der Waals surface area contributed by atoms with Crippen LogP contribution in [-0.2, 0) is 0 Å². The molecule has 0 fully saturated rings. The monoisotopic (exact) mass is 244 g/mol. The highest BCUT2D eigenvalue weighted by atomic mass is 32.2. The zero-order chi connectivity index (χ0) is 11.1. The average Bonchev–Trinajstić information content (AvgIpc) is 2.25. The third kappa shape index (κ3) is 4.71. The van der Waals surface area contributed by atoms with Crippen LogP contribution in [0.3, 0.4) is 0 Å². The van der Waals surface area contributed by atoms with Gasteiger partial charge in [0.25, 0.3) is 0 Å². The first-order valence-electron chi connectivity index (χ1n) is 4.59. The Kier molecular flexibility index (Phi) is 5.79. The first-order valence-corrected chi connectivity index (χ1v) is 7.14. The Bertz CT molecular complexity index is 311. The summed E-state index contributed by atoms with van der Waals surface area (Å²) in [7, 11) is 0. The highest BCUT2D eigenvalue weighted by Gasteiger charge is 2.05. The molecule has 0 amide bonds. The lowest BCUT2D eigenvalue weighted by atomic mass is 10.1. The number of benzene rings is 1. The van der Waals surface area contributed by atoms with Crippen LogP contribution in [0, 0.1) is 5.82 Å². The van der Waals surface area contributed by atoms with Crippen molar-refractivity contribution in [3.63, 3.8) is 0 Å². The smallest absolute Gasteiger partial charge is 0.172 e. The summed E-state index contributed by atoms with van der Waals surface area (Å²) in [6.45, 7) is 0. The highest BCUT2D eigenvalue weighted by Crippen LogP contribution is 2.09. The fourth-order valence-electron chi connectivity index (χ4n) is 1.03. The molecule has 1 aromatic rings. The van der Waals surface area contributed by atoms with Crippen molar-refractivity contribution in [2.24, 2.45) is 0 Å². The largest absolute Gasteiger partial charge is 0.293 e. The molecule has 1 aromatic carbocycles. The molecule has 0 N–H and O–H groups in total. The Morgan fingerprint density at radius 2 is 1.93 bits per heavy atom. The van der Waals surface area contributed by atoms with Gasteiger partial charge in [0.15, 0.2) is 5.78 Å². The molecule has 0 atom stereocenters. The number of Topliss-reactive ketones (excluding diaryl/α,β-unsaturated/α-hetero) is 1. The lowest BCUT2D eigenvalue weighted by molar-refractivity contribution is 0.102. The maximum atomic E-state index is 12.6. The molecule has 82 valence electrons. The van der Waals surface area contributed by atoms with Gasteiger partial charge in [0, 0.05) is 17.1 Å². The van der Waals surface area contributed by atoms with Crippen LogP contribution in [-0.4, -0.2) is 29.3 Å². The van der Waals surface area contributed by atoms with Crippen LogP contribution in [0.25, 0.3) is 0 Å². The first kappa shape index (κ1) is 12.6. The standard InChI is InChI=1S/C11H13FOS2/c1-14-6-7-15-8-11(13)9-2-4-10(12)5-3-9/h2-5H,6-8H2,1H3. The molecule has 0 bridgehead atoms. The van der Waals surface area contributed by atoms with Crippen LogP contribution in [0.4, 0.5) is 4.39 Å². The molecule has 0 saturated carbocycles. The molecule has 0 aromatic heterocycles. The van der Waals surface area contributed by atoms with E-state index in [1.54, 1.807) is 23.5 Å². The van der Waals surface area contributed by atoms with E-state index in [4.69, 9.17) is 0 Å². The van der Waals surface area contributed by atoms with Crippen molar-refractivity contribution >= 4 is 29.3 Å². The van der Waals surface area contributed by atoms with Crippen LogP contribution in [0.2, 0.25) is 0 Å². The third-order valence-electron chi connectivity index (χ3n) is 1.83. The Labute approximate surface area is 97.8 Å². The van der Waals surface area contributed by atoms with Crippen LogP contribution < -0.4 is 0 Å². The van der Waals surface area contributed by atoms with Gasteiger partial charge in [-0.05, 0) is 30.5 Å². The molecular weight excluding hydrogens is 231 g/mol. The lowest BCUT2D eigenvalue weighted by Gasteiger charge is -2.00. The summed E-state index contributed by atoms with van der Waals surface area (Å²) in [5.41, 5.74) is 0.591. The van der Waals surface area contributed by atoms with Gasteiger partial charge >= 0.3 is 0 Å². The second-order valence-corrected chi connectivity index (χ2v) is 5.07. The Morgan fingerprint density at radius 1 is 1.27 bits per heavy atom. The van der Waals surface area contributed by atoms with E-state index in [1.165, 1.54) is 24.3 Å². The topological polar surface area (TPSA) is 17.1 Å². The second-order valence-electron chi connectivity index (χ2n) is 2.98. The number of carbonyl (C=O) groups is 1. The van der Waals surface area contributed by atoms with E-state index in [0.717, 1.165) is 11.5 Å². The zero-order valence-corrected chi connectivity index (χ0v) is 10.2. The van der Waals surface area contributed by atoms with Gasteiger partial charge in [0.1, 0.15) is 5.82 Å². The van der Waals surface area contributed by atoms with Crippen LogP contribution >= 0.6 is 23.5 Å². The predicted octanol–water partition coefficient (Wildman–Crippen LogP) is 3.10. The molecule has 0 aliphatic carbocycles. The Morgan fingerprint density at radius 3 is 2.53 bits per heavy atom. The average molecular weight is 244 g/mol. The quantitative estimate of drug-likeness (QED) is 0.565. The fourth-order valence-corrected chi connectivity index (χ4v) is 2.66. The van der Waals surface area contributed by atoms with E-state index in [-0.39, 0.29) is 11.6 Å². The van der Waals surface area contributed by atoms with Crippen molar-refractivity contribution in [3.05, 3.63) is 35.6 Å². The van der Waals surface area contributed by atoms with E-state index >= 15 is 0 Å². The molecule has 0 radical (unpaired) electrons. The van der Waals surface area contributed by atoms with E-state index in [1.807, 2.05) is 6.26 Å². The van der Waals surface area contributed by atoms with Crippen molar-refractivity contribution in [1.82, 2.24) is 0 Å². The van der Waals surface area contributed by atoms with E-state index < -0.39 is 0 Å².